The number of anilines is 1. The number of benzene rings is 3. The molecule has 0 bridgehead atoms. The first-order valence-corrected chi connectivity index (χ1v) is 12.4. The Morgan fingerprint density at radius 3 is 2.35 bits per heavy atom. The van der Waals surface area contributed by atoms with E-state index < -0.39 is 5.82 Å². The van der Waals surface area contributed by atoms with E-state index in [1.165, 1.54) is 12.1 Å². The lowest BCUT2D eigenvalue weighted by Crippen LogP contribution is -2.49. The van der Waals surface area contributed by atoms with Crippen LogP contribution in [0, 0.1) is 5.82 Å². The molecule has 0 spiro atoms. The zero-order valence-electron chi connectivity index (χ0n) is 19.9. The van der Waals surface area contributed by atoms with E-state index in [0.717, 1.165) is 33.7 Å². The minimum Gasteiger partial charge on any atom is -0.352 e. The Morgan fingerprint density at radius 2 is 1.62 bits per heavy atom. The molecule has 1 aliphatic rings. The lowest BCUT2D eigenvalue weighted by molar-refractivity contribution is 0.0746. The number of hydrogen-bond donors (Lipinski definition) is 0. The lowest BCUT2D eigenvalue weighted by atomic mass is 10.1. The monoisotopic (exact) mass is 511 g/mol. The number of carbonyl (C=O) groups is 1. The van der Waals surface area contributed by atoms with Crippen molar-refractivity contribution in [2.75, 3.05) is 31.1 Å². The SMILES string of the molecule is O=C(c1cccc(F)c1)N1CCN(c2ncnc3c2c(-c2ccccc2)cn3-c2ccc(Cl)cc2)CC1. The molecule has 3 aromatic carbocycles. The number of piperazine rings is 1. The topological polar surface area (TPSA) is 54.3 Å². The number of aromatic nitrogens is 3. The van der Waals surface area contributed by atoms with Crippen LogP contribution in [0.1, 0.15) is 10.4 Å². The Kier molecular flexibility index (Phi) is 6.06. The molecule has 0 saturated carbocycles. The van der Waals surface area contributed by atoms with Gasteiger partial charge in [-0.25, -0.2) is 14.4 Å². The van der Waals surface area contributed by atoms with E-state index in [1.807, 2.05) is 42.5 Å². The average Bonchev–Trinajstić information content (AvgIpc) is 3.34. The summed E-state index contributed by atoms with van der Waals surface area (Å²) in [4.78, 5) is 26.3. The third kappa shape index (κ3) is 4.42. The van der Waals surface area contributed by atoms with Gasteiger partial charge in [0.25, 0.3) is 5.91 Å². The van der Waals surface area contributed by atoms with Gasteiger partial charge >= 0.3 is 0 Å². The second kappa shape index (κ2) is 9.67. The molecule has 1 amide bonds. The molecule has 6 rings (SSSR count). The average molecular weight is 512 g/mol. The summed E-state index contributed by atoms with van der Waals surface area (Å²) >= 11 is 6.14. The molecule has 6 nitrogen and oxygen atoms in total. The van der Waals surface area contributed by atoms with E-state index >= 15 is 0 Å². The maximum Gasteiger partial charge on any atom is 0.254 e. The highest BCUT2D eigenvalue weighted by Gasteiger charge is 2.26. The molecule has 0 N–H and O–H groups in total. The van der Waals surface area contributed by atoms with Gasteiger partial charge in [0.2, 0.25) is 0 Å². The molecular formula is C29H23ClFN5O. The van der Waals surface area contributed by atoms with E-state index in [2.05, 4.69) is 32.8 Å². The van der Waals surface area contributed by atoms with Gasteiger partial charge in [-0.2, -0.15) is 0 Å². The maximum absolute atomic E-state index is 13.6. The summed E-state index contributed by atoms with van der Waals surface area (Å²) < 4.78 is 15.7. The zero-order valence-corrected chi connectivity index (χ0v) is 20.6. The van der Waals surface area contributed by atoms with Crippen molar-refractivity contribution in [3.8, 4) is 16.8 Å². The van der Waals surface area contributed by atoms with Gasteiger partial charge in [0.1, 0.15) is 18.0 Å². The normalized spacial score (nSPS) is 13.8. The fourth-order valence-corrected chi connectivity index (χ4v) is 4.97. The molecule has 2 aromatic heterocycles. The molecule has 37 heavy (non-hydrogen) atoms. The van der Waals surface area contributed by atoms with Crippen molar-refractivity contribution < 1.29 is 9.18 Å². The fraction of sp³-hybridized carbons (Fsp3) is 0.138. The minimum atomic E-state index is -0.411. The fourth-order valence-electron chi connectivity index (χ4n) is 4.85. The third-order valence-corrected chi connectivity index (χ3v) is 6.94. The van der Waals surface area contributed by atoms with Gasteiger partial charge < -0.3 is 14.4 Å². The molecular weight excluding hydrogens is 489 g/mol. The van der Waals surface area contributed by atoms with Crippen LogP contribution in [0.15, 0.2) is 91.4 Å². The Balaban J connectivity index is 1.37. The molecule has 1 fully saturated rings. The van der Waals surface area contributed by atoms with Crippen LogP contribution < -0.4 is 4.90 Å². The molecule has 0 radical (unpaired) electrons. The molecule has 8 heteroatoms. The standard InChI is InChI=1S/C29H23ClFN5O/c30-22-9-11-24(12-10-22)36-18-25(20-5-2-1-3-6-20)26-27(32-19-33-28(26)36)34-13-15-35(16-14-34)29(37)21-7-4-8-23(31)17-21/h1-12,17-19H,13-16H2. The Labute approximate surface area is 218 Å². The first-order chi connectivity index (χ1) is 18.1. The summed E-state index contributed by atoms with van der Waals surface area (Å²) in [7, 11) is 0. The number of nitrogens with zero attached hydrogens (tertiary/aromatic N) is 5. The molecule has 3 heterocycles. The summed E-state index contributed by atoms with van der Waals surface area (Å²) in [6.45, 7) is 2.24. The summed E-state index contributed by atoms with van der Waals surface area (Å²) in [5, 5.41) is 1.62. The first kappa shape index (κ1) is 23.2. The summed E-state index contributed by atoms with van der Waals surface area (Å²) in [5.74, 6) is 0.256. The largest absolute Gasteiger partial charge is 0.352 e. The van der Waals surface area contributed by atoms with Gasteiger partial charge in [-0.3, -0.25) is 4.79 Å². The Morgan fingerprint density at radius 1 is 0.865 bits per heavy atom. The van der Waals surface area contributed by atoms with Crippen LogP contribution in [-0.2, 0) is 0 Å². The van der Waals surface area contributed by atoms with Crippen LogP contribution in [0.5, 0.6) is 0 Å². The molecule has 1 aliphatic heterocycles. The minimum absolute atomic E-state index is 0.161. The molecule has 184 valence electrons. The number of amides is 1. The van der Waals surface area contributed by atoms with E-state index in [9.17, 15) is 9.18 Å². The Hall–Kier alpha value is -4.23. The highest BCUT2D eigenvalue weighted by Crippen LogP contribution is 2.37. The van der Waals surface area contributed by atoms with Crippen molar-refractivity contribution in [1.82, 2.24) is 19.4 Å². The first-order valence-electron chi connectivity index (χ1n) is 12.1. The molecule has 0 unspecified atom stereocenters. The number of fused-ring (bicyclic) bond motifs is 1. The van der Waals surface area contributed by atoms with Crippen LogP contribution >= 0.6 is 11.6 Å². The van der Waals surface area contributed by atoms with Crippen molar-refractivity contribution in [1.29, 1.82) is 0 Å². The second-order valence-corrected chi connectivity index (χ2v) is 9.38. The van der Waals surface area contributed by atoms with Gasteiger partial charge in [-0.1, -0.05) is 48.0 Å². The van der Waals surface area contributed by atoms with E-state index in [4.69, 9.17) is 16.6 Å². The second-order valence-electron chi connectivity index (χ2n) is 8.94. The van der Waals surface area contributed by atoms with Crippen molar-refractivity contribution in [3.63, 3.8) is 0 Å². The van der Waals surface area contributed by atoms with E-state index in [1.54, 1.807) is 23.4 Å². The highest BCUT2D eigenvalue weighted by molar-refractivity contribution is 6.30. The predicted molar refractivity (Wildman–Crippen MR) is 144 cm³/mol. The lowest BCUT2D eigenvalue weighted by Gasteiger charge is -2.35. The smallest absolute Gasteiger partial charge is 0.254 e. The molecule has 0 atom stereocenters. The number of hydrogen-bond acceptors (Lipinski definition) is 4. The number of carbonyl (C=O) groups excluding carboxylic acids is 1. The summed E-state index contributed by atoms with van der Waals surface area (Å²) in [5.41, 5.74) is 4.20. The van der Waals surface area contributed by atoms with Crippen LogP contribution in [-0.4, -0.2) is 51.5 Å². The highest BCUT2D eigenvalue weighted by atomic mass is 35.5. The van der Waals surface area contributed by atoms with Crippen LogP contribution in [0.3, 0.4) is 0 Å². The Bertz CT molecular complexity index is 1580. The van der Waals surface area contributed by atoms with Crippen LogP contribution in [0.2, 0.25) is 5.02 Å². The van der Waals surface area contributed by atoms with Crippen molar-refractivity contribution in [3.05, 3.63) is 108 Å². The van der Waals surface area contributed by atoms with Gasteiger partial charge in [-0.15, -0.1) is 0 Å². The van der Waals surface area contributed by atoms with Crippen LogP contribution in [0.4, 0.5) is 10.2 Å². The van der Waals surface area contributed by atoms with Crippen molar-refractivity contribution in [2.45, 2.75) is 0 Å². The van der Waals surface area contributed by atoms with Gasteiger partial charge in [0.05, 0.1) is 5.39 Å². The summed E-state index contributed by atoms with van der Waals surface area (Å²) in [6.07, 6.45) is 3.67. The van der Waals surface area contributed by atoms with Crippen molar-refractivity contribution >= 4 is 34.4 Å². The number of rotatable bonds is 4. The van der Waals surface area contributed by atoms with Gasteiger partial charge in [0.15, 0.2) is 5.65 Å². The van der Waals surface area contributed by atoms with Crippen molar-refractivity contribution in [2.24, 2.45) is 0 Å². The third-order valence-electron chi connectivity index (χ3n) is 6.69. The molecule has 0 aliphatic carbocycles. The molecule has 5 aromatic rings. The molecule has 1 saturated heterocycles. The predicted octanol–water partition coefficient (Wildman–Crippen LogP) is 5.84. The summed E-state index contributed by atoms with van der Waals surface area (Å²) in [6, 6.07) is 23.7. The zero-order chi connectivity index (χ0) is 25.4. The maximum atomic E-state index is 13.6. The van der Waals surface area contributed by atoms with Crippen LogP contribution in [0.25, 0.3) is 27.8 Å². The van der Waals surface area contributed by atoms with E-state index in [-0.39, 0.29) is 5.91 Å². The van der Waals surface area contributed by atoms with Gasteiger partial charge in [-0.05, 0) is 48.0 Å². The van der Waals surface area contributed by atoms with Gasteiger partial charge in [0, 0.05) is 54.2 Å². The van der Waals surface area contributed by atoms with E-state index in [0.29, 0.717) is 36.8 Å². The quantitative estimate of drug-likeness (QED) is 0.304. The number of halogens is 2.